The molecule has 0 heterocycles. The van der Waals surface area contributed by atoms with E-state index >= 15 is 0 Å². The molecule has 0 aliphatic rings. The molecule has 0 bridgehead atoms. The summed E-state index contributed by atoms with van der Waals surface area (Å²) in [6, 6.07) is 5.32. The first-order valence-corrected chi connectivity index (χ1v) is 8.87. The molecule has 1 aromatic carbocycles. The van der Waals surface area contributed by atoms with Gasteiger partial charge in [-0.2, -0.15) is 0 Å². The number of hydrogen-bond donors (Lipinski definition) is 1. The summed E-state index contributed by atoms with van der Waals surface area (Å²) in [5, 5.41) is 0. The molecule has 0 aliphatic carbocycles. The largest absolute Gasteiger partial charge is 0.327 e. The summed E-state index contributed by atoms with van der Waals surface area (Å²) in [5.74, 6) is 0.344. The second-order valence-corrected chi connectivity index (χ2v) is 8.32. The Bertz CT molecular complexity index is 564. The van der Waals surface area contributed by atoms with Gasteiger partial charge in [-0.1, -0.05) is 19.9 Å². The fourth-order valence-corrected chi connectivity index (χ4v) is 3.95. The van der Waals surface area contributed by atoms with Crippen LogP contribution in [-0.2, 0) is 10.0 Å². The average molecular weight is 400 g/mol. The van der Waals surface area contributed by atoms with Gasteiger partial charge in [-0.3, -0.25) is 0 Å². The summed E-state index contributed by atoms with van der Waals surface area (Å²) in [6.07, 6.45) is 0.650. The molecule has 7 heteroatoms. The number of aryl methyl sites for hydroxylation is 1. The van der Waals surface area contributed by atoms with Crippen LogP contribution in [0.15, 0.2) is 27.6 Å². The minimum absolute atomic E-state index is 0. The average Bonchev–Trinajstić information content (AvgIpc) is 2.37. The molecule has 1 aromatic rings. The Balaban J connectivity index is 0.00000400. The van der Waals surface area contributed by atoms with Gasteiger partial charge in [-0.15, -0.1) is 12.4 Å². The Hall–Kier alpha value is -0.140. The fraction of sp³-hybridized carbons (Fsp3) is 0.571. The van der Waals surface area contributed by atoms with E-state index < -0.39 is 10.0 Å². The van der Waals surface area contributed by atoms with Crippen LogP contribution in [0.5, 0.6) is 0 Å². The van der Waals surface area contributed by atoms with Gasteiger partial charge < -0.3 is 5.73 Å². The van der Waals surface area contributed by atoms with E-state index in [9.17, 15) is 8.42 Å². The lowest BCUT2D eigenvalue weighted by Gasteiger charge is -2.22. The molecule has 2 N–H and O–H groups in total. The fourth-order valence-electron chi connectivity index (χ4n) is 1.76. The Morgan fingerprint density at radius 1 is 1.33 bits per heavy atom. The zero-order chi connectivity index (χ0) is 15.5. The molecule has 0 saturated carbocycles. The maximum absolute atomic E-state index is 12.5. The molecule has 0 radical (unpaired) electrons. The predicted molar refractivity (Wildman–Crippen MR) is 93.4 cm³/mol. The van der Waals surface area contributed by atoms with Crippen molar-refractivity contribution in [2.45, 2.75) is 38.1 Å². The van der Waals surface area contributed by atoms with Crippen molar-refractivity contribution in [2.24, 2.45) is 11.7 Å². The van der Waals surface area contributed by atoms with Gasteiger partial charge in [0.05, 0.1) is 4.90 Å². The second kappa shape index (κ2) is 8.48. The van der Waals surface area contributed by atoms with Crippen molar-refractivity contribution in [1.82, 2.24) is 4.31 Å². The first kappa shape index (κ1) is 20.9. The van der Waals surface area contributed by atoms with E-state index in [1.54, 1.807) is 19.2 Å². The van der Waals surface area contributed by atoms with Crippen LogP contribution in [0.3, 0.4) is 0 Å². The molecule has 1 rings (SSSR count). The normalized spacial score (nSPS) is 13.3. The molecule has 1 atom stereocenters. The molecule has 21 heavy (non-hydrogen) atoms. The number of nitrogens with two attached hydrogens (primary N) is 1. The van der Waals surface area contributed by atoms with E-state index in [0.29, 0.717) is 28.3 Å². The second-order valence-electron chi connectivity index (χ2n) is 5.46. The van der Waals surface area contributed by atoms with Crippen LogP contribution in [0, 0.1) is 12.8 Å². The highest BCUT2D eigenvalue weighted by Gasteiger charge is 2.24. The minimum atomic E-state index is -3.48. The number of nitrogens with zero attached hydrogens (tertiary/aromatic N) is 1. The van der Waals surface area contributed by atoms with E-state index in [4.69, 9.17) is 5.73 Å². The highest BCUT2D eigenvalue weighted by molar-refractivity contribution is 9.10. The first-order valence-electron chi connectivity index (χ1n) is 6.64. The van der Waals surface area contributed by atoms with Gasteiger partial charge in [0.1, 0.15) is 0 Å². The zero-order valence-electron chi connectivity index (χ0n) is 12.8. The summed E-state index contributed by atoms with van der Waals surface area (Å²) in [4.78, 5) is 0.304. The van der Waals surface area contributed by atoms with E-state index in [1.165, 1.54) is 4.31 Å². The van der Waals surface area contributed by atoms with Crippen LogP contribution in [0.1, 0.15) is 25.8 Å². The van der Waals surface area contributed by atoms with E-state index in [2.05, 4.69) is 15.9 Å². The summed E-state index contributed by atoms with van der Waals surface area (Å²) in [6.45, 7) is 6.37. The number of benzene rings is 1. The molecule has 0 aromatic heterocycles. The lowest BCUT2D eigenvalue weighted by atomic mass is 10.0. The third-order valence-electron chi connectivity index (χ3n) is 3.41. The summed E-state index contributed by atoms with van der Waals surface area (Å²) in [7, 11) is -1.89. The topological polar surface area (TPSA) is 63.4 Å². The zero-order valence-corrected chi connectivity index (χ0v) is 16.1. The molecular formula is C14H24BrClN2O2S. The van der Waals surface area contributed by atoms with E-state index in [-0.39, 0.29) is 18.4 Å². The van der Waals surface area contributed by atoms with Crippen molar-refractivity contribution in [3.8, 4) is 0 Å². The van der Waals surface area contributed by atoms with Gasteiger partial charge in [0.2, 0.25) is 10.0 Å². The van der Waals surface area contributed by atoms with Crippen molar-refractivity contribution in [2.75, 3.05) is 13.6 Å². The van der Waals surface area contributed by atoms with E-state index in [1.807, 2.05) is 26.8 Å². The SMILES string of the molecule is Cc1ccc(Br)c(S(=O)(=O)N(C)CCC(N)C(C)C)c1.Cl. The monoisotopic (exact) mass is 398 g/mol. The van der Waals surface area contributed by atoms with Gasteiger partial charge in [-0.05, 0) is 52.9 Å². The summed E-state index contributed by atoms with van der Waals surface area (Å²) >= 11 is 3.31. The molecule has 122 valence electrons. The number of rotatable bonds is 6. The first-order chi connectivity index (χ1) is 9.16. The van der Waals surface area contributed by atoms with Gasteiger partial charge >= 0.3 is 0 Å². The minimum Gasteiger partial charge on any atom is -0.327 e. The maximum atomic E-state index is 12.5. The number of halogens is 2. The van der Waals surface area contributed by atoms with Crippen molar-refractivity contribution >= 4 is 38.4 Å². The smallest absolute Gasteiger partial charge is 0.243 e. The van der Waals surface area contributed by atoms with Crippen LogP contribution in [-0.4, -0.2) is 32.4 Å². The van der Waals surface area contributed by atoms with Gasteiger partial charge in [0.15, 0.2) is 0 Å². The molecule has 0 spiro atoms. The molecule has 0 amide bonds. The maximum Gasteiger partial charge on any atom is 0.243 e. The van der Waals surface area contributed by atoms with Crippen LogP contribution in [0.4, 0.5) is 0 Å². The van der Waals surface area contributed by atoms with E-state index in [0.717, 1.165) is 5.56 Å². The van der Waals surface area contributed by atoms with Crippen molar-refractivity contribution in [3.05, 3.63) is 28.2 Å². The van der Waals surface area contributed by atoms with Crippen LogP contribution in [0.2, 0.25) is 0 Å². The molecule has 0 saturated heterocycles. The third kappa shape index (κ3) is 5.53. The number of sulfonamides is 1. The Labute approximate surface area is 142 Å². The molecule has 0 aliphatic heterocycles. The lowest BCUT2D eigenvalue weighted by Crippen LogP contribution is -2.34. The van der Waals surface area contributed by atoms with Gasteiger partial charge in [0.25, 0.3) is 0 Å². The Kier molecular flexibility index (Phi) is 8.42. The highest BCUT2D eigenvalue weighted by Crippen LogP contribution is 2.25. The third-order valence-corrected chi connectivity index (χ3v) is 6.26. The predicted octanol–water partition coefficient (Wildman–Crippen LogP) is 3.17. The van der Waals surface area contributed by atoms with Gasteiger partial charge in [0, 0.05) is 24.1 Å². The Morgan fingerprint density at radius 3 is 2.43 bits per heavy atom. The highest BCUT2D eigenvalue weighted by atomic mass is 79.9. The van der Waals surface area contributed by atoms with Crippen LogP contribution in [0.25, 0.3) is 0 Å². The summed E-state index contributed by atoms with van der Waals surface area (Å²) in [5.41, 5.74) is 6.89. The van der Waals surface area contributed by atoms with Crippen molar-refractivity contribution < 1.29 is 8.42 Å². The van der Waals surface area contributed by atoms with Gasteiger partial charge in [-0.25, -0.2) is 12.7 Å². The van der Waals surface area contributed by atoms with Crippen molar-refractivity contribution in [3.63, 3.8) is 0 Å². The molecule has 0 fully saturated rings. The standard InChI is InChI=1S/C14H23BrN2O2S.ClH/c1-10(2)13(16)7-8-17(4)20(18,19)14-9-11(3)5-6-12(14)15;/h5-6,9-10,13H,7-8,16H2,1-4H3;1H. The molecule has 4 nitrogen and oxygen atoms in total. The quantitative estimate of drug-likeness (QED) is 0.799. The van der Waals surface area contributed by atoms with Crippen LogP contribution >= 0.6 is 28.3 Å². The summed E-state index contributed by atoms with van der Waals surface area (Å²) < 4.78 is 27.0. The number of hydrogen-bond acceptors (Lipinski definition) is 3. The molecule has 1 unspecified atom stereocenters. The Morgan fingerprint density at radius 2 is 1.90 bits per heavy atom. The molecular weight excluding hydrogens is 376 g/mol. The lowest BCUT2D eigenvalue weighted by molar-refractivity contribution is 0.397. The van der Waals surface area contributed by atoms with Crippen molar-refractivity contribution in [1.29, 1.82) is 0 Å². The van der Waals surface area contributed by atoms with Crippen LogP contribution < -0.4 is 5.73 Å².